The standard InChI is InChI=1S/C10H9F3O5S/c11-10(12,13)19(14,15)18-7-3-6-5-9(8(6)4-7)16-1-2-17-9/h1-2,4,6,8H,3,5H2/t6-,8-/m1/s1. The minimum atomic E-state index is -5.60. The molecule has 1 saturated carbocycles. The molecule has 0 amide bonds. The first-order chi connectivity index (χ1) is 8.74. The Morgan fingerprint density at radius 1 is 1.32 bits per heavy atom. The Morgan fingerprint density at radius 2 is 1.95 bits per heavy atom. The van der Waals surface area contributed by atoms with Gasteiger partial charge in [-0.1, -0.05) is 0 Å². The molecule has 0 aromatic rings. The third-order valence-electron chi connectivity index (χ3n) is 3.48. The Hall–Kier alpha value is -1.38. The largest absolute Gasteiger partial charge is 0.534 e. The van der Waals surface area contributed by atoms with Gasteiger partial charge in [0.2, 0.25) is 0 Å². The Morgan fingerprint density at radius 3 is 2.53 bits per heavy atom. The van der Waals surface area contributed by atoms with E-state index in [4.69, 9.17) is 9.47 Å². The van der Waals surface area contributed by atoms with Gasteiger partial charge in [0, 0.05) is 12.8 Å². The zero-order chi connectivity index (χ0) is 13.9. The van der Waals surface area contributed by atoms with E-state index in [0.717, 1.165) is 0 Å². The van der Waals surface area contributed by atoms with Crippen LogP contribution >= 0.6 is 0 Å². The average Bonchev–Trinajstić information content (AvgIpc) is 2.83. The average molecular weight is 298 g/mol. The van der Waals surface area contributed by atoms with Crippen LogP contribution in [-0.4, -0.2) is 19.7 Å². The monoisotopic (exact) mass is 298 g/mol. The highest BCUT2D eigenvalue weighted by Gasteiger charge is 2.61. The van der Waals surface area contributed by atoms with Crippen LogP contribution in [0, 0.1) is 11.8 Å². The number of ether oxygens (including phenoxy) is 2. The zero-order valence-electron chi connectivity index (χ0n) is 9.38. The first kappa shape index (κ1) is 12.6. The van der Waals surface area contributed by atoms with Crippen LogP contribution in [0.4, 0.5) is 13.2 Å². The molecular formula is C10H9F3O5S. The number of rotatable bonds is 2. The zero-order valence-corrected chi connectivity index (χ0v) is 10.2. The summed E-state index contributed by atoms with van der Waals surface area (Å²) >= 11 is 0. The summed E-state index contributed by atoms with van der Waals surface area (Å²) < 4.78 is 73.0. The van der Waals surface area contributed by atoms with Gasteiger partial charge < -0.3 is 13.7 Å². The van der Waals surface area contributed by atoms with E-state index in [0.29, 0.717) is 6.42 Å². The van der Waals surface area contributed by atoms with Crippen molar-refractivity contribution in [3.05, 3.63) is 24.4 Å². The molecule has 1 fully saturated rings. The molecule has 3 aliphatic rings. The summed E-state index contributed by atoms with van der Waals surface area (Å²) in [6.45, 7) is 0. The first-order valence-electron chi connectivity index (χ1n) is 5.46. The van der Waals surface area contributed by atoms with Crippen LogP contribution in [0.2, 0.25) is 0 Å². The topological polar surface area (TPSA) is 61.8 Å². The van der Waals surface area contributed by atoms with E-state index in [1.54, 1.807) is 0 Å². The number of hydrogen-bond donors (Lipinski definition) is 0. The molecule has 2 aliphatic carbocycles. The van der Waals surface area contributed by atoms with Gasteiger partial charge in [-0.2, -0.15) is 21.6 Å². The fourth-order valence-electron chi connectivity index (χ4n) is 2.63. The fraction of sp³-hybridized carbons (Fsp3) is 0.600. The van der Waals surface area contributed by atoms with Gasteiger partial charge in [0.1, 0.15) is 18.3 Å². The molecule has 1 aliphatic heterocycles. The third kappa shape index (κ3) is 1.78. The summed E-state index contributed by atoms with van der Waals surface area (Å²) in [6, 6.07) is 0. The van der Waals surface area contributed by atoms with Crippen LogP contribution < -0.4 is 0 Å². The van der Waals surface area contributed by atoms with Crippen molar-refractivity contribution in [2.24, 2.45) is 11.8 Å². The highest BCUT2D eigenvalue weighted by molar-refractivity contribution is 7.87. The lowest BCUT2D eigenvalue weighted by Gasteiger charge is -2.46. The summed E-state index contributed by atoms with van der Waals surface area (Å²) in [6.07, 6.45) is 4.67. The van der Waals surface area contributed by atoms with Gasteiger partial charge in [-0.05, 0) is 12.0 Å². The summed E-state index contributed by atoms with van der Waals surface area (Å²) in [5.74, 6) is -1.40. The quantitative estimate of drug-likeness (QED) is 0.576. The second kappa shape index (κ2) is 3.59. The number of hydrogen-bond acceptors (Lipinski definition) is 5. The van der Waals surface area contributed by atoms with E-state index in [-0.39, 0.29) is 24.0 Å². The minimum absolute atomic E-state index is 0.0154. The molecule has 0 aromatic heterocycles. The number of halogens is 3. The highest BCUT2D eigenvalue weighted by Crippen LogP contribution is 2.56. The number of fused-ring (bicyclic) bond motifs is 2. The molecule has 0 bridgehead atoms. The van der Waals surface area contributed by atoms with E-state index < -0.39 is 21.4 Å². The van der Waals surface area contributed by atoms with Crippen molar-refractivity contribution in [3.8, 4) is 0 Å². The highest BCUT2D eigenvalue weighted by atomic mass is 32.2. The molecule has 0 N–H and O–H groups in total. The van der Waals surface area contributed by atoms with Crippen molar-refractivity contribution in [1.82, 2.24) is 0 Å². The summed E-state index contributed by atoms with van der Waals surface area (Å²) in [5.41, 5.74) is -5.42. The van der Waals surface area contributed by atoms with Crippen LogP contribution in [-0.2, 0) is 23.8 Å². The molecule has 1 spiro atoms. The predicted octanol–water partition coefficient (Wildman–Crippen LogP) is 1.99. The molecule has 3 rings (SSSR count). The third-order valence-corrected chi connectivity index (χ3v) is 4.48. The second-order valence-corrected chi connectivity index (χ2v) is 6.17. The normalized spacial score (nSPS) is 31.2. The number of allylic oxidation sites excluding steroid dienone is 1. The maximum atomic E-state index is 12.2. The molecule has 106 valence electrons. The molecule has 5 nitrogen and oxygen atoms in total. The van der Waals surface area contributed by atoms with E-state index >= 15 is 0 Å². The van der Waals surface area contributed by atoms with E-state index in [2.05, 4.69) is 4.18 Å². The lowest BCUT2D eigenvalue weighted by atomic mass is 9.70. The van der Waals surface area contributed by atoms with Gasteiger partial charge in [-0.3, -0.25) is 0 Å². The van der Waals surface area contributed by atoms with Crippen molar-refractivity contribution < 1.29 is 35.2 Å². The molecule has 0 unspecified atom stereocenters. The van der Waals surface area contributed by atoms with Crippen LogP contribution in [0.5, 0.6) is 0 Å². The van der Waals surface area contributed by atoms with Crippen molar-refractivity contribution in [3.63, 3.8) is 0 Å². The minimum Gasteiger partial charge on any atom is -0.456 e. The van der Waals surface area contributed by atoms with Crippen molar-refractivity contribution in [2.75, 3.05) is 0 Å². The Bertz CT molecular complexity index is 554. The second-order valence-electron chi connectivity index (χ2n) is 4.63. The van der Waals surface area contributed by atoms with Crippen molar-refractivity contribution in [1.29, 1.82) is 0 Å². The smallest absolute Gasteiger partial charge is 0.456 e. The van der Waals surface area contributed by atoms with Gasteiger partial charge in [0.25, 0.3) is 5.79 Å². The molecule has 1 heterocycles. The van der Waals surface area contributed by atoms with Gasteiger partial charge in [-0.25, -0.2) is 0 Å². The SMILES string of the molecule is O=S(=O)(OC1=C[C@@H]2[C@H](C1)CC21OC=CO1)C(F)(F)F. The first-order valence-corrected chi connectivity index (χ1v) is 6.86. The van der Waals surface area contributed by atoms with Crippen LogP contribution in [0.1, 0.15) is 12.8 Å². The van der Waals surface area contributed by atoms with Gasteiger partial charge in [0.15, 0.2) is 0 Å². The summed E-state index contributed by atoms with van der Waals surface area (Å²) in [7, 11) is -5.60. The Labute approximate surface area is 106 Å². The van der Waals surface area contributed by atoms with E-state index in [1.807, 2.05) is 0 Å². The van der Waals surface area contributed by atoms with Crippen LogP contribution in [0.3, 0.4) is 0 Å². The molecule has 2 atom stereocenters. The lowest BCUT2D eigenvalue weighted by molar-refractivity contribution is -0.245. The van der Waals surface area contributed by atoms with Crippen molar-refractivity contribution >= 4 is 10.1 Å². The Kier molecular flexibility index (Phi) is 2.39. The molecule has 0 aromatic carbocycles. The van der Waals surface area contributed by atoms with Gasteiger partial charge in [-0.15, -0.1) is 0 Å². The predicted molar refractivity (Wildman–Crippen MR) is 54.4 cm³/mol. The van der Waals surface area contributed by atoms with E-state index in [9.17, 15) is 21.6 Å². The van der Waals surface area contributed by atoms with Gasteiger partial charge >= 0.3 is 15.6 Å². The lowest BCUT2D eigenvalue weighted by Crippen LogP contribution is -2.52. The fourth-order valence-corrected chi connectivity index (χ4v) is 3.13. The number of alkyl halides is 3. The van der Waals surface area contributed by atoms with Crippen molar-refractivity contribution in [2.45, 2.75) is 24.1 Å². The van der Waals surface area contributed by atoms with Gasteiger partial charge in [0.05, 0.1) is 5.92 Å². The van der Waals surface area contributed by atoms with E-state index in [1.165, 1.54) is 18.6 Å². The Balaban J connectivity index is 1.74. The summed E-state index contributed by atoms with van der Waals surface area (Å²) in [5, 5.41) is 0. The maximum Gasteiger partial charge on any atom is 0.534 e. The van der Waals surface area contributed by atoms with Crippen LogP contribution in [0.15, 0.2) is 24.4 Å². The summed E-state index contributed by atoms with van der Waals surface area (Å²) in [4.78, 5) is 0. The maximum absolute atomic E-state index is 12.2. The molecular weight excluding hydrogens is 289 g/mol. The molecule has 0 radical (unpaired) electrons. The van der Waals surface area contributed by atoms with Crippen LogP contribution in [0.25, 0.3) is 0 Å². The molecule has 0 saturated heterocycles. The molecule has 19 heavy (non-hydrogen) atoms. The molecule has 9 heteroatoms.